The van der Waals surface area contributed by atoms with Crippen LogP contribution in [0.25, 0.3) is 11.3 Å². The Morgan fingerprint density at radius 2 is 1.86 bits per heavy atom. The summed E-state index contributed by atoms with van der Waals surface area (Å²) >= 11 is 12.8. The van der Waals surface area contributed by atoms with E-state index in [0.29, 0.717) is 59.7 Å². The second-order valence-electron chi connectivity index (χ2n) is 9.82. The van der Waals surface area contributed by atoms with E-state index in [2.05, 4.69) is 5.16 Å². The van der Waals surface area contributed by atoms with Crippen LogP contribution in [0.15, 0.2) is 47.0 Å². The van der Waals surface area contributed by atoms with Crippen LogP contribution in [0.5, 0.6) is 0 Å². The van der Waals surface area contributed by atoms with E-state index in [1.165, 1.54) is 0 Å². The van der Waals surface area contributed by atoms with Crippen LogP contribution in [0, 0.1) is 0 Å². The van der Waals surface area contributed by atoms with Gasteiger partial charge < -0.3 is 19.5 Å². The number of carboxylic acids is 1. The Morgan fingerprint density at radius 3 is 2.53 bits per heavy atom. The van der Waals surface area contributed by atoms with Crippen LogP contribution < -0.4 is 0 Å². The molecule has 1 heterocycles. The molecule has 2 aromatic carbocycles. The summed E-state index contributed by atoms with van der Waals surface area (Å²) in [5, 5.41) is 25.5. The third kappa shape index (κ3) is 5.18. The lowest BCUT2D eigenvalue weighted by Crippen LogP contribution is -2.19. The van der Waals surface area contributed by atoms with Crippen LogP contribution in [-0.2, 0) is 21.6 Å². The zero-order valence-electron chi connectivity index (χ0n) is 19.9. The summed E-state index contributed by atoms with van der Waals surface area (Å²) in [5.74, 6) is 0.433. The second kappa shape index (κ2) is 10.5. The molecule has 1 aromatic heterocycles. The third-order valence-corrected chi connectivity index (χ3v) is 7.84. The normalized spacial score (nSPS) is 17.2. The van der Waals surface area contributed by atoms with Crippen molar-refractivity contribution in [1.82, 2.24) is 5.16 Å². The summed E-state index contributed by atoms with van der Waals surface area (Å²) < 4.78 is 11.7. The number of hydrogen-bond acceptors (Lipinski definition) is 5. The van der Waals surface area contributed by atoms with Crippen molar-refractivity contribution in [1.29, 1.82) is 0 Å². The molecule has 3 aromatic rings. The number of unbranched alkanes of at least 4 members (excludes halogenated alkanes) is 1. The zero-order valence-corrected chi connectivity index (χ0v) is 21.4. The van der Waals surface area contributed by atoms with E-state index < -0.39 is 17.5 Å². The van der Waals surface area contributed by atoms with Gasteiger partial charge in [0.1, 0.15) is 11.5 Å². The second-order valence-corrected chi connectivity index (χ2v) is 10.6. The highest BCUT2D eigenvalue weighted by Gasteiger charge is 2.51. The van der Waals surface area contributed by atoms with Crippen molar-refractivity contribution >= 4 is 29.2 Å². The van der Waals surface area contributed by atoms with Crippen molar-refractivity contribution < 1.29 is 24.3 Å². The highest BCUT2D eigenvalue weighted by molar-refractivity contribution is 6.39. The number of carboxylic acid groups (broad SMARTS) is 1. The fraction of sp³-hybridized carbons (Fsp3) is 0.429. The number of aliphatic carboxylic acids is 1. The molecular weight excluding hydrogens is 501 g/mol. The van der Waals surface area contributed by atoms with Gasteiger partial charge in [0, 0.05) is 23.7 Å². The number of aliphatic hydroxyl groups excluding tert-OH is 1. The minimum absolute atomic E-state index is 0.355. The van der Waals surface area contributed by atoms with Gasteiger partial charge in [-0.25, -0.2) is 0 Å². The van der Waals surface area contributed by atoms with Crippen molar-refractivity contribution in [2.75, 3.05) is 6.61 Å². The maximum atomic E-state index is 11.6. The van der Waals surface area contributed by atoms with Gasteiger partial charge in [0.05, 0.1) is 28.2 Å². The maximum Gasteiger partial charge on any atom is 0.314 e. The van der Waals surface area contributed by atoms with Crippen molar-refractivity contribution in [3.8, 4) is 11.3 Å². The summed E-state index contributed by atoms with van der Waals surface area (Å²) in [6, 6.07) is 12.7. The predicted molar refractivity (Wildman–Crippen MR) is 137 cm³/mol. The summed E-state index contributed by atoms with van der Waals surface area (Å²) in [4.78, 5) is 11.6. The third-order valence-electron chi connectivity index (χ3n) is 7.21. The monoisotopic (exact) mass is 529 g/mol. The number of ether oxygens (including phenoxy) is 1. The SMILES string of the molecule is O=C(O)C1(c2cccc(C(O)CCCCOCc3c(-c4c(Cl)cccc4Cl)noc3C3CC3)c2)CC1. The van der Waals surface area contributed by atoms with E-state index in [4.69, 9.17) is 32.5 Å². The molecule has 6 nitrogen and oxygen atoms in total. The van der Waals surface area contributed by atoms with Gasteiger partial charge in [0.25, 0.3) is 0 Å². The van der Waals surface area contributed by atoms with E-state index in [-0.39, 0.29) is 0 Å². The molecule has 36 heavy (non-hydrogen) atoms. The smallest absolute Gasteiger partial charge is 0.314 e. The van der Waals surface area contributed by atoms with Crippen molar-refractivity contribution in [3.05, 3.63) is 75.0 Å². The lowest BCUT2D eigenvalue weighted by atomic mass is 9.92. The molecule has 5 rings (SSSR count). The van der Waals surface area contributed by atoms with Crippen molar-refractivity contribution in [2.45, 2.75) is 69.0 Å². The van der Waals surface area contributed by atoms with Crippen LogP contribution in [0.1, 0.15) is 79.4 Å². The molecule has 2 aliphatic carbocycles. The molecular formula is C28H29Cl2NO5. The number of aliphatic hydroxyl groups is 1. The van der Waals surface area contributed by atoms with Crippen LogP contribution in [-0.4, -0.2) is 27.9 Å². The molecule has 8 heteroatoms. The summed E-state index contributed by atoms with van der Waals surface area (Å²) in [7, 11) is 0. The number of aromatic nitrogens is 1. The van der Waals surface area contributed by atoms with Gasteiger partial charge in [-0.1, -0.05) is 58.7 Å². The molecule has 2 fully saturated rings. The molecule has 190 valence electrons. The molecule has 0 amide bonds. The minimum atomic E-state index is -0.788. The standard InChI is InChI=1S/C28H29Cl2NO5/c29-21-7-4-8-22(30)24(21)25-20(26(36-31-25)17-10-11-17)16-35-14-2-1-9-23(32)18-5-3-6-19(15-18)28(12-13-28)27(33)34/h3-8,15,17,23,32H,1-2,9-14,16H2,(H,33,34). The molecule has 1 atom stereocenters. The summed E-state index contributed by atoms with van der Waals surface area (Å²) in [6.07, 6.45) is 4.95. The molecule has 1 unspecified atom stereocenters. The van der Waals surface area contributed by atoms with Crippen LogP contribution in [0.2, 0.25) is 10.0 Å². The van der Waals surface area contributed by atoms with Gasteiger partial charge in [-0.15, -0.1) is 0 Å². The van der Waals surface area contributed by atoms with Crippen LogP contribution in [0.4, 0.5) is 0 Å². The molecule has 2 aliphatic rings. The molecule has 0 radical (unpaired) electrons. The topological polar surface area (TPSA) is 92.8 Å². The van der Waals surface area contributed by atoms with Crippen LogP contribution in [0.3, 0.4) is 0 Å². The number of halogens is 2. The number of carbonyl (C=O) groups is 1. The van der Waals surface area contributed by atoms with E-state index in [9.17, 15) is 15.0 Å². The van der Waals surface area contributed by atoms with E-state index >= 15 is 0 Å². The first kappa shape index (κ1) is 25.3. The Bertz CT molecular complexity index is 1230. The van der Waals surface area contributed by atoms with E-state index in [1.54, 1.807) is 18.2 Å². The Kier molecular flexibility index (Phi) is 7.40. The first-order chi connectivity index (χ1) is 17.4. The summed E-state index contributed by atoms with van der Waals surface area (Å²) in [5.41, 5.74) is 2.98. The van der Waals surface area contributed by atoms with Crippen molar-refractivity contribution in [2.24, 2.45) is 0 Å². The molecule has 0 spiro atoms. The van der Waals surface area contributed by atoms with Gasteiger partial charge >= 0.3 is 5.97 Å². The van der Waals surface area contributed by atoms with Gasteiger partial charge in [0.15, 0.2) is 0 Å². The first-order valence-corrected chi connectivity index (χ1v) is 13.2. The van der Waals surface area contributed by atoms with Gasteiger partial charge in [-0.3, -0.25) is 4.79 Å². The molecule has 0 saturated heterocycles. The maximum absolute atomic E-state index is 11.6. The Balaban J connectivity index is 1.15. The Hall–Kier alpha value is -2.38. The number of nitrogens with zero attached hydrogens (tertiary/aromatic N) is 1. The van der Waals surface area contributed by atoms with Crippen molar-refractivity contribution in [3.63, 3.8) is 0 Å². The largest absolute Gasteiger partial charge is 0.481 e. The average Bonchev–Trinajstić information content (AvgIpc) is 3.79. The Labute approximate surface area is 220 Å². The molecule has 0 aliphatic heterocycles. The molecule has 0 bridgehead atoms. The zero-order chi connectivity index (χ0) is 25.3. The predicted octanol–water partition coefficient (Wildman–Crippen LogP) is 7.06. The Morgan fingerprint density at radius 1 is 1.14 bits per heavy atom. The van der Waals surface area contributed by atoms with E-state index in [0.717, 1.165) is 48.1 Å². The van der Waals surface area contributed by atoms with E-state index in [1.807, 2.05) is 24.3 Å². The fourth-order valence-corrected chi connectivity index (χ4v) is 5.30. The highest BCUT2D eigenvalue weighted by Crippen LogP contribution is 2.49. The highest BCUT2D eigenvalue weighted by atomic mass is 35.5. The minimum Gasteiger partial charge on any atom is -0.481 e. The van der Waals surface area contributed by atoms with Gasteiger partial charge in [0.2, 0.25) is 0 Å². The quantitative estimate of drug-likeness (QED) is 0.244. The first-order valence-electron chi connectivity index (χ1n) is 12.4. The number of benzene rings is 2. The average molecular weight is 530 g/mol. The number of hydrogen-bond donors (Lipinski definition) is 2. The fourth-order valence-electron chi connectivity index (χ4n) is 4.73. The van der Waals surface area contributed by atoms with Gasteiger partial charge in [-0.05, 0) is 68.2 Å². The lowest BCUT2D eigenvalue weighted by Gasteiger charge is -2.15. The van der Waals surface area contributed by atoms with Gasteiger partial charge in [-0.2, -0.15) is 0 Å². The molecule has 2 saturated carbocycles. The van der Waals surface area contributed by atoms with Crippen LogP contribution >= 0.6 is 23.2 Å². The molecule has 2 N–H and O–H groups in total. The summed E-state index contributed by atoms with van der Waals surface area (Å²) in [6.45, 7) is 0.883. The number of rotatable bonds is 12. The lowest BCUT2D eigenvalue weighted by molar-refractivity contribution is -0.140.